The van der Waals surface area contributed by atoms with E-state index in [1.165, 1.54) is 11.1 Å². The largest absolute Gasteiger partial charge is 0.311 e. The predicted octanol–water partition coefficient (Wildman–Crippen LogP) is 3.21. The molecule has 0 saturated heterocycles. The van der Waals surface area contributed by atoms with Crippen LogP contribution in [0.5, 0.6) is 0 Å². The number of rotatable bonds is 2. The van der Waals surface area contributed by atoms with Gasteiger partial charge < -0.3 is 4.57 Å². The molecule has 0 aromatic carbocycles. The van der Waals surface area contributed by atoms with E-state index in [4.69, 9.17) is 5.26 Å². The van der Waals surface area contributed by atoms with Crippen molar-refractivity contribution in [1.29, 1.82) is 5.26 Å². The van der Waals surface area contributed by atoms with Gasteiger partial charge in [0.25, 0.3) is 5.56 Å². The van der Waals surface area contributed by atoms with E-state index in [-0.39, 0.29) is 11.0 Å². The Bertz CT molecular complexity index is 769. The molecule has 2 aliphatic rings. The van der Waals surface area contributed by atoms with Gasteiger partial charge in [0, 0.05) is 17.8 Å². The number of allylic oxidation sites excluding steroid dienone is 6. The summed E-state index contributed by atoms with van der Waals surface area (Å²) in [6.07, 6.45) is 8.97. The first kappa shape index (κ1) is 13.6. The van der Waals surface area contributed by atoms with Gasteiger partial charge in [-0.15, -0.1) is 0 Å². The lowest BCUT2D eigenvalue weighted by atomic mass is 9.75. The van der Waals surface area contributed by atoms with Gasteiger partial charge in [-0.3, -0.25) is 4.79 Å². The molecule has 0 radical (unpaired) electrons. The van der Waals surface area contributed by atoms with Crippen LogP contribution >= 0.6 is 0 Å². The highest BCUT2D eigenvalue weighted by molar-refractivity contribution is 5.51. The monoisotopic (exact) mass is 278 g/mol. The van der Waals surface area contributed by atoms with Gasteiger partial charge in [-0.25, -0.2) is 0 Å². The molecule has 0 saturated carbocycles. The van der Waals surface area contributed by atoms with Crippen molar-refractivity contribution in [1.82, 2.24) is 4.57 Å². The second kappa shape index (κ2) is 4.89. The van der Waals surface area contributed by atoms with Crippen molar-refractivity contribution in [2.75, 3.05) is 0 Å². The number of aromatic nitrogens is 1. The van der Waals surface area contributed by atoms with Crippen LogP contribution in [0.4, 0.5) is 0 Å². The van der Waals surface area contributed by atoms with Crippen molar-refractivity contribution < 1.29 is 0 Å². The maximum Gasteiger partial charge on any atom is 0.250 e. The summed E-state index contributed by atoms with van der Waals surface area (Å²) in [5.41, 5.74) is 3.18. The summed E-state index contributed by atoms with van der Waals surface area (Å²) in [7, 11) is 0. The Morgan fingerprint density at radius 3 is 2.95 bits per heavy atom. The lowest BCUT2D eigenvalue weighted by Gasteiger charge is -2.28. The summed E-state index contributed by atoms with van der Waals surface area (Å²) in [4.78, 5) is 11.9. The fraction of sp³-hybridized carbons (Fsp3) is 0.333. The minimum atomic E-state index is 0.00659. The molecule has 0 amide bonds. The molecule has 106 valence electrons. The Labute approximate surface area is 124 Å². The van der Waals surface area contributed by atoms with E-state index in [1.807, 2.05) is 24.4 Å². The molecule has 3 heteroatoms. The van der Waals surface area contributed by atoms with Crippen LogP contribution in [0.3, 0.4) is 0 Å². The van der Waals surface area contributed by atoms with Crippen molar-refractivity contribution >= 4 is 0 Å². The third kappa shape index (κ3) is 2.38. The smallest absolute Gasteiger partial charge is 0.250 e. The van der Waals surface area contributed by atoms with Crippen LogP contribution in [0.25, 0.3) is 0 Å². The molecule has 1 aromatic rings. The molecule has 1 aromatic heterocycles. The van der Waals surface area contributed by atoms with E-state index in [0.29, 0.717) is 12.5 Å². The zero-order chi connectivity index (χ0) is 15.0. The predicted molar refractivity (Wildman–Crippen MR) is 82.5 cm³/mol. The fourth-order valence-electron chi connectivity index (χ4n) is 3.34. The SMILES string of the molecule is CC1(C)C=C(Cn2ccccc2=O)C2=CC(C#N)=CCC21. The second-order valence-electron chi connectivity index (χ2n) is 6.32. The average Bonchev–Trinajstić information content (AvgIpc) is 2.72. The Kier molecular flexibility index (Phi) is 3.17. The third-order valence-corrected chi connectivity index (χ3v) is 4.44. The molecule has 0 fully saturated rings. The third-order valence-electron chi connectivity index (χ3n) is 4.44. The molecular formula is C18H18N2O. The van der Waals surface area contributed by atoms with Crippen molar-refractivity contribution in [3.8, 4) is 6.07 Å². The van der Waals surface area contributed by atoms with E-state index in [2.05, 4.69) is 26.0 Å². The second-order valence-corrected chi connectivity index (χ2v) is 6.32. The van der Waals surface area contributed by atoms with E-state index in [9.17, 15) is 4.79 Å². The lowest BCUT2D eigenvalue weighted by Crippen LogP contribution is -2.21. The number of fused-ring (bicyclic) bond motifs is 1. The maximum absolute atomic E-state index is 11.9. The number of nitriles is 1. The van der Waals surface area contributed by atoms with Crippen molar-refractivity contribution in [3.05, 3.63) is 69.7 Å². The Morgan fingerprint density at radius 1 is 1.43 bits per heavy atom. The number of nitrogens with zero attached hydrogens (tertiary/aromatic N) is 2. The van der Waals surface area contributed by atoms with Gasteiger partial charge in [-0.1, -0.05) is 32.1 Å². The molecule has 0 N–H and O–H groups in total. The number of hydrogen-bond donors (Lipinski definition) is 0. The normalized spacial score (nSPS) is 22.7. The number of pyridine rings is 1. The summed E-state index contributed by atoms with van der Waals surface area (Å²) in [6.45, 7) is 5.01. The van der Waals surface area contributed by atoms with Gasteiger partial charge in [0.1, 0.15) is 0 Å². The summed E-state index contributed by atoms with van der Waals surface area (Å²) < 4.78 is 1.72. The van der Waals surface area contributed by atoms with E-state index in [1.54, 1.807) is 16.7 Å². The molecule has 2 aliphatic carbocycles. The Hall–Kier alpha value is -2.34. The number of hydrogen-bond acceptors (Lipinski definition) is 2. The highest BCUT2D eigenvalue weighted by Gasteiger charge is 2.38. The van der Waals surface area contributed by atoms with Crippen LogP contribution in [0.1, 0.15) is 20.3 Å². The van der Waals surface area contributed by atoms with Crippen LogP contribution in [0.15, 0.2) is 64.1 Å². The van der Waals surface area contributed by atoms with Gasteiger partial charge >= 0.3 is 0 Å². The van der Waals surface area contributed by atoms with Crippen molar-refractivity contribution in [3.63, 3.8) is 0 Å². The minimum Gasteiger partial charge on any atom is -0.311 e. The summed E-state index contributed by atoms with van der Waals surface area (Å²) in [5, 5.41) is 9.12. The molecule has 1 atom stereocenters. The van der Waals surface area contributed by atoms with Crippen LogP contribution in [0, 0.1) is 22.7 Å². The first-order chi connectivity index (χ1) is 10.0. The summed E-state index contributed by atoms with van der Waals surface area (Å²) >= 11 is 0. The van der Waals surface area contributed by atoms with Crippen molar-refractivity contribution in [2.45, 2.75) is 26.8 Å². The molecule has 1 unspecified atom stereocenters. The van der Waals surface area contributed by atoms with Gasteiger partial charge in [0.15, 0.2) is 0 Å². The summed E-state index contributed by atoms with van der Waals surface area (Å²) in [5.74, 6) is 0.406. The molecule has 0 aliphatic heterocycles. The van der Waals surface area contributed by atoms with Gasteiger partial charge in [-0.2, -0.15) is 5.26 Å². The van der Waals surface area contributed by atoms with Crippen LogP contribution < -0.4 is 5.56 Å². The van der Waals surface area contributed by atoms with E-state index in [0.717, 1.165) is 12.0 Å². The molecule has 0 spiro atoms. The van der Waals surface area contributed by atoms with Crippen LogP contribution in [-0.4, -0.2) is 4.57 Å². The Balaban J connectivity index is 2.00. The van der Waals surface area contributed by atoms with Gasteiger partial charge in [0.05, 0.1) is 12.6 Å². The topological polar surface area (TPSA) is 45.8 Å². The average molecular weight is 278 g/mol. The van der Waals surface area contributed by atoms with Crippen molar-refractivity contribution in [2.24, 2.45) is 11.3 Å². The fourth-order valence-corrected chi connectivity index (χ4v) is 3.34. The highest BCUT2D eigenvalue weighted by atomic mass is 16.1. The standard InChI is InChI=1S/C18H18N2O/c1-18(2)10-14(12-20-8-4-3-5-17(20)21)15-9-13(11-19)6-7-16(15)18/h3-6,8-10,16H,7,12H2,1-2H3. The molecular weight excluding hydrogens is 260 g/mol. The Morgan fingerprint density at radius 2 is 2.24 bits per heavy atom. The zero-order valence-corrected chi connectivity index (χ0v) is 12.3. The first-order valence-corrected chi connectivity index (χ1v) is 7.21. The van der Waals surface area contributed by atoms with Crippen LogP contribution in [-0.2, 0) is 6.54 Å². The quantitative estimate of drug-likeness (QED) is 0.834. The molecule has 3 rings (SSSR count). The maximum atomic E-state index is 11.9. The zero-order valence-electron chi connectivity index (χ0n) is 12.3. The minimum absolute atomic E-state index is 0.00659. The molecule has 21 heavy (non-hydrogen) atoms. The summed E-state index contributed by atoms with van der Waals surface area (Å²) in [6, 6.07) is 7.43. The van der Waals surface area contributed by atoms with Gasteiger partial charge in [-0.05, 0) is 41.0 Å². The highest BCUT2D eigenvalue weighted by Crippen LogP contribution is 2.49. The van der Waals surface area contributed by atoms with E-state index < -0.39 is 0 Å². The van der Waals surface area contributed by atoms with Gasteiger partial charge in [0.2, 0.25) is 0 Å². The van der Waals surface area contributed by atoms with E-state index >= 15 is 0 Å². The first-order valence-electron chi connectivity index (χ1n) is 7.21. The molecule has 3 nitrogen and oxygen atoms in total. The molecule has 0 bridgehead atoms. The molecule has 1 heterocycles. The van der Waals surface area contributed by atoms with Crippen LogP contribution in [0.2, 0.25) is 0 Å². The lowest BCUT2D eigenvalue weighted by molar-refractivity contribution is 0.349.